The number of nitrogens with one attached hydrogen (secondary N) is 1. The molecule has 0 fully saturated rings. The third-order valence-corrected chi connectivity index (χ3v) is 6.30. The van der Waals surface area contributed by atoms with Gasteiger partial charge >= 0.3 is 0 Å². The lowest BCUT2D eigenvalue weighted by molar-refractivity contribution is -0.139. The van der Waals surface area contributed by atoms with Crippen LogP contribution in [-0.4, -0.2) is 57.1 Å². The van der Waals surface area contributed by atoms with E-state index in [1.165, 1.54) is 12.0 Å². The minimum atomic E-state index is -3.78. The summed E-state index contributed by atoms with van der Waals surface area (Å²) in [5.74, 6) is -0.290. The number of anilines is 1. The van der Waals surface area contributed by atoms with E-state index in [-0.39, 0.29) is 18.5 Å². The Morgan fingerprint density at radius 2 is 1.61 bits per heavy atom. The molecule has 0 aliphatic rings. The van der Waals surface area contributed by atoms with Crippen molar-refractivity contribution in [2.45, 2.75) is 39.4 Å². The van der Waals surface area contributed by atoms with Crippen LogP contribution in [0.15, 0.2) is 48.5 Å². The quantitative estimate of drug-likeness (QED) is 0.546. The van der Waals surface area contributed by atoms with E-state index in [1.807, 2.05) is 13.8 Å². The van der Waals surface area contributed by atoms with Crippen molar-refractivity contribution in [1.29, 1.82) is 0 Å². The number of hydrogen-bond acceptors (Lipinski definition) is 5. The van der Waals surface area contributed by atoms with Crippen molar-refractivity contribution in [1.82, 2.24) is 10.2 Å². The minimum absolute atomic E-state index is 0.112. The van der Waals surface area contributed by atoms with E-state index in [4.69, 9.17) is 16.3 Å². The molecule has 8 nitrogen and oxygen atoms in total. The summed E-state index contributed by atoms with van der Waals surface area (Å²) in [4.78, 5) is 27.4. The van der Waals surface area contributed by atoms with Crippen LogP contribution < -0.4 is 14.4 Å². The molecule has 0 saturated heterocycles. The van der Waals surface area contributed by atoms with Gasteiger partial charge in [0, 0.05) is 17.6 Å². The first-order valence-electron chi connectivity index (χ1n) is 10.4. The van der Waals surface area contributed by atoms with Gasteiger partial charge in [0.05, 0.1) is 19.1 Å². The molecule has 0 saturated carbocycles. The van der Waals surface area contributed by atoms with Crippen LogP contribution >= 0.6 is 11.6 Å². The van der Waals surface area contributed by atoms with Gasteiger partial charge in [0.1, 0.15) is 18.3 Å². The first-order valence-corrected chi connectivity index (χ1v) is 12.6. The maximum absolute atomic E-state index is 13.4. The Kier molecular flexibility index (Phi) is 9.13. The fraction of sp³-hybridized carbons (Fsp3) is 0.391. The molecular formula is C23H30ClN3O5S. The first-order chi connectivity index (χ1) is 15.4. The van der Waals surface area contributed by atoms with Gasteiger partial charge in [0.2, 0.25) is 21.8 Å². The predicted octanol–water partition coefficient (Wildman–Crippen LogP) is 3.06. The lowest BCUT2D eigenvalue weighted by Gasteiger charge is -2.32. The Labute approximate surface area is 200 Å². The zero-order valence-corrected chi connectivity index (χ0v) is 21.0. The number of ether oxygens (including phenoxy) is 1. The summed E-state index contributed by atoms with van der Waals surface area (Å²) >= 11 is 5.96. The van der Waals surface area contributed by atoms with Crippen molar-refractivity contribution in [3.8, 4) is 5.75 Å². The van der Waals surface area contributed by atoms with Crippen molar-refractivity contribution in [3.63, 3.8) is 0 Å². The highest BCUT2D eigenvalue weighted by atomic mass is 35.5. The summed E-state index contributed by atoms with van der Waals surface area (Å²) in [6.45, 7) is 4.92. The summed E-state index contributed by atoms with van der Waals surface area (Å²) in [6, 6.07) is 12.3. The molecule has 2 rings (SSSR count). The number of carbonyl (C=O) groups excluding carboxylic acids is 2. The number of carbonyl (C=O) groups is 2. The number of hydrogen-bond donors (Lipinski definition) is 1. The number of sulfonamides is 1. The van der Waals surface area contributed by atoms with E-state index < -0.39 is 28.5 Å². The van der Waals surface area contributed by atoms with E-state index in [0.717, 1.165) is 16.1 Å². The average Bonchev–Trinajstić information content (AvgIpc) is 2.75. The Balaban J connectivity index is 2.36. The lowest BCUT2D eigenvalue weighted by atomic mass is 10.1. The van der Waals surface area contributed by atoms with Gasteiger partial charge in [-0.15, -0.1) is 0 Å². The fourth-order valence-electron chi connectivity index (χ4n) is 3.14. The maximum Gasteiger partial charge on any atom is 0.244 e. The van der Waals surface area contributed by atoms with Crippen molar-refractivity contribution >= 4 is 39.1 Å². The Morgan fingerprint density at radius 3 is 2.09 bits per heavy atom. The average molecular weight is 496 g/mol. The largest absolute Gasteiger partial charge is 0.497 e. The van der Waals surface area contributed by atoms with Crippen molar-refractivity contribution in [2.24, 2.45) is 0 Å². The number of amides is 2. The van der Waals surface area contributed by atoms with Crippen LogP contribution in [0.3, 0.4) is 0 Å². The third-order valence-electron chi connectivity index (χ3n) is 4.90. The predicted molar refractivity (Wildman–Crippen MR) is 130 cm³/mol. The van der Waals surface area contributed by atoms with Gasteiger partial charge in [-0.25, -0.2) is 8.42 Å². The zero-order valence-electron chi connectivity index (χ0n) is 19.4. The summed E-state index contributed by atoms with van der Waals surface area (Å²) in [6.07, 6.45) is 1.03. The maximum atomic E-state index is 13.4. The molecule has 33 heavy (non-hydrogen) atoms. The first kappa shape index (κ1) is 26.5. The molecule has 0 aliphatic carbocycles. The molecule has 0 radical (unpaired) electrons. The molecule has 180 valence electrons. The van der Waals surface area contributed by atoms with E-state index in [2.05, 4.69) is 5.32 Å². The Morgan fingerprint density at radius 1 is 1.03 bits per heavy atom. The molecule has 2 aromatic carbocycles. The Hall–Kier alpha value is -2.78. The van der Waals surface area contributed by atoms with Crippen LogP contribution in [0.5, 0.6) is 5.75 Å². The normalized spacial score (nSPS) is 12.2. The van der Waals surface area contributed by atoms with E-state index in [1.54, 1.807) is 55.5 Å². The number of halogens is 1. The highest BCUT2D eigenvalue weighted by molar-refractivity contribution is 7.92. The SMILES string of the molecule is COc1ccc(N(CC(=O)N(Cc2ccc(Cl)cc2)[C@H](C)C(=O)NC(C)C)S(C)(=O)=O)cc1. The van der Waals surface area contributed by atoms with Gasteiger partial charge in [0.15, 0.2) is 0 Å². The number of methoxy groups -OCH3 is 1. The molecule has 0 aromatic heterocycles. The van der Waals surface area contributed by atoms with Crippen molar-refractivity contribution < 1.29 is 22.7 Å². The smallest absolute Gasteiger partial charge is 0.244 e. The summed E-state index contributed by atoms with van der Waals surface area (Å²) in [5, 5.41) is 3.35. The third kappa shape index (κ3) is 7.64. The zero-order chi connectivity index (χ0) is 24.8. The Bertz CT molecular complexity index is 1060. The molecule has 0 heterocycles. The summed E-state index contributed by atoms with van der Waals surface area (Å²) < 4.78 is 31.2. The van der Waals surface area contributed by atoms with Crippen LogP contribution in [0.4, 0.5) is 5.69 Å². The molecule has 0 bridgehead atoms. The van der Waals surface area contributed by atoms with E-state index in [9.17, 15) is 18.0 Å². The monoisotopic (exact) mass is 495 g/mol. The molecule has 10 heteroatoms. The van der Waals surface area contributed by atoms with Crippen LogP contribution in [-0.2, 0) is 26.2 Å². The molecule has 2 aromatic rings. The topological polar surface area (TPSA) is 96.0 Å². The summed E-state index contributed by atoms with van der Waals surface area (Å²) in [5.41, 5.74) is 1.07. The second kappa shape index (κ2) is 11.4. The van der Waals surface area contributed by atoms with Crippen molar-refractivity contribution in [2.75, 3.05) is 24.2 Å². The van der Waals surface area contributed by atoms with Gasteiger partial charge in [-0.2, -0.15) is 0 Å². The number of benzene rings is 2. The van der Waals surface area contributed by atoms with Gasteiger partial charge in [0.25, 0.3) is 0 Å². The van der Waals surface area contributed by atoms with Gasteiger partial charge in [-0.1, -0.05) is 23.7 Å². The second-order valence-corrected chi connectivity index (χ2v) is 10.3. The fourth-order valence-corrected chi connectivity index (χ4v) is 4.11. The van der Waals surface area contributed by atoms with Gasteiger partial charge in [-0.3, -0.25) is 13.9 Å². The highest BCUT2D eigenvalue weighted by Crippen LogP contribution is 2.22. The van der Waals surface area contributed by atoms with Gasteiger partial charge in [-0.05, 0) is 62.7 Å². The lowest BCUT2D eigenvalue weighted by Crippen LogP contribution is -2.52. The number of rotatable bonds is 10. The van der Waals surface area contributed by atoms with Crippen LogP contribution in [0.25, 0.3) is 0 Å². The number of nitrogens with zero attached hydrogens (tertiary/aromatic N) is 2. The van der Waals surface area contributed by atoms with Crippen molar-refractivity contribution in [3.05, 3.63) is 59.1 Å². The molecule has 1 N–H and O–H groups in total. The minimum Gasteiger partial charge on any atom is -0.497 e. The molecule has 0 aliphatic heterocycles. The van der Waals surface area contributed by atoms with Crippen LogP contribution in [0.2, 0.25) is 5.02 Å². The molecular weight excluding hydrogens is 466 g/mol. The van der Waals surface area contributed by atoms with E-state index >= 15 is 0 Å². The van der Waals surface area contributed by atoms with Crippen LogP contribution in [0, 0.1) is 0 Å². The van der Waals surface area contributed by atoms with E-state index in [0.29, 0.717) is 16.5 Å². The van der Waals surface area contributed by atoms with Gasteiger partial charge < -0.3 is 15.0 Å². The summed E-state index contributed by atoms with van der Waals surface area (Å²) in [7, 11) is -2.28. The molecule has 2 amide bonds. The molecule has 0 unspecified atom stereocenters. The van der Waals surface area contributed by atoms with Crippen LogP contribution in [0.1, 0.15) is 26.3 Å². The second-order valence-electron chi connectivity index (χ2n) is 7.96. The standard InChI is InChI=1S/C23H30ClN3O5S/c1-16(2)25-23(29)17(3)26(14-18-6-8-19(24)9-7-18)22(28)15-27(33(5,30)31)20-10-12-21(32-4)13-11-20/h6-13,16-17H,14-15H2,1-5H3,(H,25,29)/t17-/m1/s1. The molecule has 1 atom stereocenters. The highest BCUT2D eigenvalue weighted by Gasteiger charge is 2.30. The molecule has 0 spiro atoms.